The number of aromatic carboxylic acids is 1. The molecule has 0 unspecified atom stereocenters. The highest BCUT2D eigenvalue weighted by Crippen LogP contribution is 2.24. The Hall–Kier alpha value is -4.47. The van der Waals surface area contributed by atoms with Crippen LogP contribution in [0.15, 0.2) is 60.9 Å². The Labute approximate surface area is 177 Å². The maximum absolute atomic E-state index is 12.9. The molecule has 0 aliphatic rings. The van der Waals surface area contributed by atoms with E-state index in [-0.39, 0.29) is 22.8 Å². The zero-order valence-electron chi connectivity index (χ0n) is 16.5. The molecule has 10 nitrogen and oxygen atoms in total. The molecule has 0 fully saturated rings. The molecule has 0 aliphatic heterocycles. The molecule has 158 valence electrons. The molecule has 0 bridgehead atoms. The summed E-state index contributed by atoms with van der Waals surface area (Å²) in [4.78, 5) is 43.7. The van der Waals surface area contributed by atoms with Gasteiger partial charge in [0.1, 0.15) is 11.5 Å². The minimum absolute atomic E-state index is 0.194. The van der Waals surface area contributed by atoms with Crippen molar-refractivity contribution in [2.45, 2.75) is 6.92 Å². The van der Waals surface area contributed by atoms with Gasteiger partial charge in [-0.15, -0.1) is 0 Å². The van der Waals surface area contributed by atoms with Crippen LogP contribution in [-0.4, -0.2) is 39.5 Å². The second-order valence-electron chi connectivity index (χ2n) is 6.28. The first-order valence-corrected chi connectivity index (χ1v) is 9.34. The molecule has 0 atom stereocenters. The minimum atomic E-state index is -1.20. The van der Waals surface area contributed by atoms with Crippen molar-refractivity contribution in [2.75, 3.05) is 22.5 Å². The number of anilines is 4. The number of para-hydroxylation sites is 1. The topological polar surface area (TPSA) is 145 Å². The number of amides is 3. The molecule has 0 aliphatic carbocycles. The average Bonchev–Trinajstić information content (AvgIpc) is 2.75. The summed E-state index contributed by atoms with van der Waals surface area (Å²) in [5.74, 6) is -1.47. The molecule has 2 heterocycles. The fourth-order valence-corrected chi connectivity index (χ4v) is 2.63. The molecule has 2 aromatic heterocycles. The lowest BCUT2D eigenvalue weighted by Crippen LogP contribution is -2.28. The molecule has 3 amide bonds. The predicted octanol–water partition coefficient (Wildman–Crippen LogP) is 3.31. The van der Waals surface area contributed by atoms with E-state index in [4.69, 9.17) is 5.11 Å². The number of aromatic nitrogens is 2. The molecule has 3 aromatic rings. The van der Waals surface area contributed by atoms with Crippen LogP contribution in [0.25, 0.3) is 0 Å². The summed E-state index contributed by atoms with van der Waals surface area (Å²) in [6, 6.07) is 13.0. The van der Waals surface area contributed by atoms with Crippen LogP contribution < -0.4 is 21.3 Å². The van der Waals surface area contributed by atoms with Gasteiger partial charge < -0.3 is 21.1 Å². The quantitative estimate of drug-likeness (QED) is 0.394. The number of rotatable bonds is 7. The highest BCUT2D eigenvalue weighted by Gasteiger charge is 2.16. The van der Waals surface area contributed by atoms with Gasteiger partial charge in [0.05, 0.1) is 11.3 Å². The summed E-state index contributed by atoms with van der Waals surface area (Å²) in [5.41, 5.74) is 1.40. The Morgan fingerprint density at radius 3 is 2.45 bits per heavy atom. The Balaban J connectivity index is 1.89. The lowest BCUT2D eigenvalue weighted by molar-refractivity contribution is 0.0690. The van der Waals surface area contributed by atoms with Crippen LogP contribution in [0.1, 0.15) is 27.8 Å². The number of carbonyl (C=O) groups excluding carboxylic acids is 2. The first-order chi connectivity index (χ1) is 15.0. The van der Waals surface area contributed by atoms with Gasteiger partial charge in [-0.2, -0.15) is 0 Å². The van der Waals surface area contributed by atoms with Crippen molar-refractivity contribution in [1.82, 2.24) is 15.3 Å². The number of carboxylic acids is 1. The Morgan fingerprint density at radius 1 is 0.968 bits per heavy atom. The van der Waals surface area contributed by atoms with E-state index in [0.29, 0.717) is 12.2 Å². The van der Waals surface area contributed by atoms with Crippen LogP contribution in [0.3, 0.4) is 0 Å². The van der Waals surface area contributed by atoms with Gasteiger partial charge >= 0.3 is 12.0 Å². The molecule has 0 saturated heterocycles. The molecule has 0 saturated carbocycles. The normalized spacial score (nSPS) is 10.1. The van der Waals surface area contributed by atoms with Gasteiger partial charge in [0, 0.05) is 36.4 Å². The van der Waals surface area contributed by atoms with Crippen molar-refractivity contribution in [3.8, 4) is 0 Å². The van der Waals surface area contributed by atoms with E-state index >= 15 is 0 Å². The van der Waals surface area contributed by atoms with Gasteiger partial charge in [-0.3, -0.25) is 10.1 Å². The molecular formula is C21H20N6O4. The monoisotopic (exact) mass is 420 g/mol. The van der Waals surface area contributed by atoms with Gasteiger partial charge in [0.2, 0.25) is 0 Å². The third kappa shape index (κ3) is 5.76. The van der Waals surface area contributed by atoms with Crippen molar-refractivity contribution in [3.63, 3.8) is 0 Å². The van der Waals surface area contributed by atoms with Crippen LogP contribution in [0.2, 0.25) is 0 Å². The molecule has 1 aromatic carbocycles. The second kappa shape index (κ2) is 9.83. The summed E-state index contributed by atoms with van der Waals surface area (Å²) in [6.07, 6.45) is 2.61. The molecule has 0 spiro atoms. The van der Waals surface area contributed by atoms with E-state index in [1.54, 1.807) is 6.92 Å². The summed E-state index contributed by atoms with van der Waals surface area (Å²) >= 11 is 0. The van der Waals surface area contributed by atoms with E-state index in [0.717, 1.165) is 5.69 Å². The van der Waals surface area contributed by atoms with E-state index in [2.05, 4.69) is 31.2 Å². The average molecular weight is 420 g/mol. The molecule has 3 rings (SSSR count). The standard InChI is InChI=1S/C21H20N6O4/c1-2-22-21(31)27-18-11-16(25-13-6-4-3-5-7-13)15(12-24-18)19(28)26-14-8-9-23-17(10-14)20(29)30/h3-12H,2H2,1H3,(H,29,30)(H,23,26,28)(H3,22,24,25,27,31). The van der Waals surface area contributed by atoms with Gasteiger partial charge in [0.25, 0.3) is 5.91 Å². The summed E-state index contributed by atoms with van der Waals surface area (Å²) < 4.78 is 0. The highest BCUT2D eigenvalue weighted by atomic mass is 16.4. The number of benzene rings is 1. The lowest BCUT2D eigenvalue weighted by Gasteiger charge is -2.14. The van der Waals surface area contributed by atoms with Crippen molar-refractivity contribution in [1.29, 1.82) is 0 Å². The predicted molar refractivity (Wildman–Crippen MR) is 116 cm³/mol. The Morgan fingerprint density at radius 2 is 1.74 bits per heavy atom. The maximum atomic E-state index is 12.9. The van der Waals surface area contributed by atoms with E-state index in [9.17, 15) is 14.4 Å². The number of hydrogen-bond acceptors (Lipinski definition) is 6. The zero-order chi connectivity index (χ0) is 22.2. The van der Waals surface area contributed by atoms with Crippen molar-refractivity contribution < 1.29 is 19.5 Å². The third-order valence-electron chi connectivity index (χ3n) is 4.02. The van der Waals surface area contributed by atoms with E-state index in [1.807, 2.05) is 30.3 Å². The van der Waals surface area contributed by atoms with Gasteiger partial charge in [-0.1, -0.05) is 18.2 Å². The number of urea groups is 1. The zero-order valence-corrected chi connectivity index (χ0v) is 16.5. The maximum Gasteiger partial charge on any atom is 0.354 e. The fraction of sp³-hybridized carbons (Fsp3) is 0.0952. The van der Waals surface area contributed by atoms with Crippen LogP contribution in [0, 0.1) is 0 Å². The number of nitrogens with zero attached hydrogens (tertiary/aromatic N) is 2. The smallest absolute Gasteiger partial charge is 0.354 e. The number of pyridine rings is 2. The largest absolute Gasteiger partial charge is 0.477 e. The highest BCUT2D eigenvalue weighted by molar-refractivity contribution is 6.09. The fourth-order valence-electron chi connectivity index (χ4n) is 2.63. The number of carboxylic acid groups (broad SMARTS) is 1. The van der Waals surface area contributed by atoms with Crippen LogP contribution in [0.5, 0.6) is 0 Å². The SMILES string of the molecule is CCNC(=O)Nc1cc(Nc2ccccc2)c(C(=O)Nc2ccnc(C(=O)O)c2)cn1. The van der Waals surface area contributed by atoms with Crippen molar-refractivity contribution in [3.05, 3.63) is 72.2 Å². The molecule has 31 heavy (non-hydrogen) atoms. The summed E-state index contributed by atoms with van der Waals surface area (Å²) in [7, 11) is 0. The minimum Gasteiger partial charge on any atom is -0.477 e. The molecule has 10 heteroatoms. The summed E-state index contributed by atoms with van der Waals surface area (Å²) in [6.45, 7) is 2.24. The molecular weight excluding hydrogens is 400 g/mol. The van der Waals surface area contributed by atoms with Gasteiger partial charge in [0.15, 0.2) is 0 Å². The number of hydrogen-bond donors (Lipinski definition) is 5. The lowest BCUT2D eigenvalue weighted by atomic mass is 10.2. The number of carbonyl (C=O) groups is 3. The van der Waals surface area contributed by atoms with Crippen molar-refractivity contribution in [2.24, 2.45) is 0 Å². The van der Waals surface area contributed by atoms with Gasteiger partial charge in [-0.25, -0.2) is 19.6 Å². The Bertz CT molecular complexity index is 1100. The van der Waals surface area contributed by atoms with E-state index in [1.165, 1.54) is 30.6 Å². The van der Waals surface area contributed by atoms with Crippen LogP contribution >= 0.6 is 0 Å². The van der Waals surface area contributed by atoms with E-state index < -0.39 is 17.9 Å². The third-order valence-corrected chi connectivity index (χ3v) is 4.02. The van der Waals surface area contributed by atoms with Gasteiger partial charge in [-0.05, 0) is 31.2 Å². The van der Waals surface area contributed by atoms with Crippen molar-refractivity contribution >= 4 is 40.8 Å². The first-order valence-electron chi connectivity index (χ1n) is 9.34. The summed E-state index contributed by atoms with van der Waals surface area (Å²) in [5, 5.41) is 20.1. The Kier molecular flexibility index (Phi) is 6.74. The molecule has 0 radical (unpaired) electrons. The second-order valence-corrected chi connectivity index (χ2v) is 6.28. The number of nitrogens with one attached hydrogen (secondary N) is 4. The first kappa shape index (κ1) is 21.2. The molecule has 5 N–H and O–H groups in total. The van der Waals surface area contributed by atoms with Crippen LogP contribution in [0.4, 0.5) is 27.7 Å². The van der Waals surface area contributed by atoms with Crippen LogP contribution in [-0.2, 0) is 0 Å².